The Bertz CT molecular complexity index is 674. The van der Waals surface area contributed by atoms with Crippen molar-refractivity contribution < 1.29 is 14.2 Å². The zero-order valence-corrected chi connectivity index (χ0v) is 18.0. The van der Waals surface area contributed by atoms with Gasteiger partial charge < -0.3 is 14.2 Å². The van der Waals surface area contributed by atoms with Crippen molar-refractivity contribution in [2.75, 3.05) is 14.2 Å². The summed E-state index contributed by atoms with van der Waals surface area (Å²) in [7, 11) is 3.51. The molecule has 2 atom stereocenters. The van der Waals surface area contributed by atoms with Gasteiger partial charge in [0.1, 0.15) is 11.5 Å². The molecular weight excluding hydrogens is 336 g/mol. The molecule has 0 aromatic heterocycles. The van der Waals surface area contributed by atoms with E-state index in [1.54, 1.807) is 14.2 Å². The van der Waals surface area contributed by atoms with E-state index in [1.165, 1.54) is 0 Å². The molecule has 148 valence electrons. The predicted molar refractivity (Wildman–Crippen MR) is 111 cm³/mol. The molecule has 0 aliphatic carbocycles. The average molecular weight is 371 g/mol. The molecule has 2 rings (SSSR count). The first kappa shape index (κ1) is 21.5. The highest BCUT2D eigenvalue weighted by Gasteiger charge is 2.27. The largest absolute Gasteiger partial charge is 0.457 e. The van der Waals surface area contributed by atoms with Gasteiger partial charge in [0, 0.05) is 14.2 Å². The van der Waals surface area contributed by atoms with Crippen LogP contribution in [0, 0.1) is 10.8 Å². The number of hydrogen-bond acceptors (Lipinski definition) is 3. The topological polar surface area (TPSA) is 27.7 Å². The third-order valence-corrected chi connectivity index (χ3v) is 4.60. The smallest absolute Gasteiger partial charge is 0.127 e. The van der Waals surface area contributed by atoms with Crippen LogP contribution in [0.2, 0.25) is 0 Å². The fourth-order valence-corrected chi connectivity index (χ4v) is 3.60. The summed E-state index contributed by atoms with van der Waals surface area (Å²) in [6, 6.07) is 16.3. The Hall–Kier alpha value is -1.84. The molecule has 2 aromatic rings. The molecule has 0 fully saturated rings. The highest BCUT2D eigenvalue weighted by atomic mass is 16.5. The zero-order valence-electron chi connectivity index (χ0n) is 18.0. The van der Waals surface area contributed by atoms with Gasteiger partial charge in [-0.05, 0) is 46.2 Å². The van der Waals surface area contributed by atoms with Crippen LogP contribution in [0.1, 0.15) is 64.9 Å². The van der Waals surface area contributed by atoms with Gasteiger partial charge in [-0.15, -0.1) is 0 Å². The predicted octanol–water partition coefficient (Wildman–Crippen LogP) is 6.95. The standard InChI is InChI=1S/C24H34O3/c1-23(2,3)21(25-7)17-11-9-13-19(15-17)27-20-14-10-12-18(16-20)22(26-8)24(4,5)6/h9-16,21-22H,1-8H3. The lowest BCUT2D eigenvalue weighted by molar-refractivity contribution is 0.0149. The number of hydrogen-bond donors (Lipinski definition) is 0. The van der Waals surface area contributed by atoms with E-state index in [0.29, 0.717) is 0 Å². The molecule has 3 nitrogen and oxygen atoms in total. The van der Waals surface area contributed by atoms with Gasteiger partial charge in [0.15, 0.2) is 0 Å². The number of benzene rings is 2. The first-order valence-corrected chi connectivity index (χ1v) is 9.49. The Balaban J connectivity index is 2.28. The molecule has 0 saturated heterocycles. The molecule has 0 aliphatic heterocycles. The van der Waals surface area contributed by atoms with Crippen LogP contribution in [-0.4, -0.2) is 14.2 Å². The molecule has 0 bridgehead atoms. The van der Waals surface area contributed by atoms with E-state index in [2.05, 4.69) is 65.8 Å². The van der Waals surface area contributed by atoms with E-state index in [0.717, 1.165) is 22.6 Å². The van der Waals surface area contributed by atoms with Crippen LogP contribution in [-0.2, 0) is 9.47 Å². The van der Waals surface area contributed by atoms with Crippen molar-refractivity contribution in [1.82, 2.24) is 0 Å². The van der Waals surface area contributed by atoms with Gasteiger partial charge in [0.2, 0.25) is 0 Å². The molecule has 0 aliphatic rings. The molecule has 0 spiro atoms. The summed E-state index contributed by atoms with van der Waals surface area (Å²) < 4.78 is 17.6. The maximum absolute atomic E-state index is 6.16. The fourth-order valence-electron chi connectivity index (χ4n) is 3.60. The zero-order chi connectivity index (χ0) is 20.2. The Kier molecular flexibility index (Phi) is 6.72. The molecule has 27 heavy (non-hydrogen) atoms. The van der Waals surface area contributed by atoms with Crippen molar-refractivity contribution in [1.29, 1.82) is 0 Å². The number of methoxy groups -OCH3 is 2. The highest BCUT2D eigenvalue weighted by Crippen LogP contribution is 2.39. The van der Waals surface area contributed by atoms with Crippen LogP contribution in [0.5, 0.6) is 11.5 Å². The maximum Gasteiger partial charge on any atom is 0.127 e. The summed E-state index contributed by atoms with van der Waals surface area (Å²) in [6.07, 6.45) is 0.0114. The number of rotatable bonds is 6. The second-order valence-electron chi connectivity index (χ2n) is 9.21. The molecule has 2 unspecified atom stereocenters. The monoisotopic (exact) mass is 370 g/mol. The van der Waals surface area contributed by atoms with Crippen LogP contribution < -0.4 is 4.74 Å². The van der Waals surface area contributed by atoms with Gasteiger partial charge in [0.05, 0.1) is 12.2 Å². The second-order valence-corrected chi connectivity index (χ2v) is 9.21. The Labute approximate surface area is 164 Å². The lowest BCUT2D eigenvalue weighted by Gasteiger charge is -2.30. The van der Waals surface area contributed by atoms with Crippen LogP contribution >= 0.6 is 0 Å². The van der Waals surface area contributed by atoms with Gasteiger partial charge >= 0.3 is 0 Å². The average Bonchev–Trinajstić information content (AvgIpc) is 2.54. The molecular formula is C24H34O3. The molecule has 0 amide bonds. The second kappa shape index (κ2) is 8.45. The van der Waals surface area contributed by atoms with Crippen LogP contribution in [0.25, 0.3) is 0 Å². The summed E-state index contributed by atoms with van der Waals surface area (Å²) in [5, 5.41) is 0. The Morgan fingerprint density at radius 3 is 1.30 bits per heavy atom. The summed E-state index contributed by atoms with van der Waals surface area (Å²) >= 11 is 0. The summed E-state index contributed by atoms with van der Waals surface area (Å²) in [5.74, 6) is 1.61. The summed E-state index contributed by atoms with van der Waals surface area (Å²) in [4.78, 5) is 0. The van der Waals surface area contributed by atoms with Gasteiger partial charge in [-0.3, -0.25) is 0 Å². The van der Waals surface area contributed by atoms with Crippen molar-refractivity contribution in [2.24, 2.45) is 10.8 Å². The van der Waals surface area contributed by atoms with E-state index < -0.39 is 0 Å². The number of ether oxygens (including phenoxy) is 3. The van der Waals surface area contributed by atoms with Gasteiger partial charge in [-0.25, -0.2) is 0 Å². The van der Waals surface area contributed by atoms with Crippen LogP contribution in [0.15, 0.2) is 48.5 Å². The minimum absolute atomic E-state index is 0.00564. The van der Waals surface area contributed by atoms with Crippen molar-refractivity contribution >= 4 is 0 Å². The minimum Gasteiger partial charge on any atom is -0.457 e. The molecule has 0 radical (unpaired) electrons. The van der Waals surface area contributed by atoms with E-state index in [-0.39, 0.29) is 23.0 Å². The van der Waals surface area contributed by atoms with E-state index in [1.807, 2.05) is 24.3 Å². The lowest BCUT2D eigenvalue weighted by atomic mass is 9.84. The first-order chi connectivity index (χ1) is 12.6. The van der Waals surface area contributed by atoms with Crippen molar-refractivity contribution in [3.05, 3.63) is 59.7 Å². The Morgan fingerprint density at radius 2 is 1.00 bits per heavy atom. The quantitative estimate of drug-likeness (QED) is 0.551. The lowest BCUT2D eigenvalue weighted by Crippen LogP contribution is -2.20. The van der Waals surface area contributed by atoms with Crippen molar-refractivity contribution in [3.8, 4) is 11.5 Å². The maximum atomic E-state index is 6.16. The van der Waals surface area contributed by atoms with Crippen LogP contribution in [0.4, 0.5) is 0 Å². The normalized spacial score (nSPS) is 14.7. The fraction of sp³-hybridized carbons (Fsp3) is 0.500. The summed E-state index contributed by atoms with van der Waals surface area (Å²) in [6.45, 7) is 13.1. The van der Waals surface area contributed by atoms with Crippen molar-refractivity contribution in [2.45, 2.75) is 53.8 Å². The van der Waals surface area contributed by atoms with E-state index in [9.17, 15) is 0 Å². The minimum atomic E-state index is 0.00564. The Morgan fingerprint density at radius 1 is 0.630 bits per heavy atom. The summed E-state index contributed by atoms with van der Waals surface area (Å²) in [5.41, 5.74) is 2.24. The molecule has 0 N–H and O–H groups in total. The molecule has 2 aromatic carbocycles. The third-order valence-electron chi connectivity index (χ3n) is 4.60. The van der Waals surface area contributed by atoms with E-state index >= 15 is 0 Å². The highest BCUT2D eigenvalue weighted by molar-refractivity contribution is 5.37. The SMILES string of the molecule is COC(c1cccc(Oc2cccc(C(OC)C(C)(C)C)c2)c1)C(C)(C)C. The van der Waals surface area contributed by atoms with Gasteiger partial charge in [-0.2, -0.15) is 0 Å². The molecule has 0 heterocycles. The van der Waals surface area contributed by atoms with Gasteiger partial charge in [-0.1, -0.05) is 65.8 Å². The third kappa shape index (κ3) is 5.57. The first-order valence-electron chi connectivity index (χ1n) is 9.49. The van der Waals surface area contributed by atoms with Crippen molar-refractivity contribution in [3.63, 3.8) is 0 Å². The molecule has 3 heteroatoms. The molecule has 0 saturated carbocycles. The van der Waals surface area contributed by atoms with Gasteiger partial charge in [0.25, 0.3) is 0 Å². The van der Waals surface area contributed by atoms with E-state index in [4.69, 9.17) is 14.2 Å². The van der Waals surface area contributed by atoms with Crippen LogP contribution in [0.3, 0.4) is 0 Å².